The second-order valence-electron chi connectivity index (χ2n) is 8.97. The fourth-order valence-electron chi connectivity index (χ4n) is 5.03. The van der Waals surface area contributed by atoms with Crippen molar-refractivity contribution in [1.29, 1.82) is 0 Å². The van der Waals surface area contributed by atoms with Crippen LogP contribution in [-0.4, -0.2) is 23.9 Å². The molecule has 32 heavy (non-hydrogen) atoms. The van der Waals surface area contributed by atoms with Crippen molar-refractivity contribution in [1.82, 2.24) is 0 Å². The number of anilines is 2. The molecule has 0 radical (unpaired) electrons. The number of fused-ring (bicyclic) bond motifs is 2. The molecule has 3 aromatic carbocycles. The third-order valence-electron chi connectivity index (χ3n) is 6.82. The van der Waals surface area contributed by atoms with E-state index >= 15 is 0 Å². The molecule has 5 rings (SSSR count). The summed E-state index contributed by atoms with van der Waals surface area (Å²) in [6.07, 6.45) is 3.63. The van der Waals surface area contributed by atoms with Crippen molar-refractivity contribution < 1.29 is 9.59 Å². The van der Waals surface area contributed by atoms with E-state index < -0.39 is 0 Å². The SMILES string of the molecule is C[C@@H]1CCc2cc3c(cc2N1C(=O)c1ccccc1)CC[C@@H](C)N3C(=O)c1ccccc1. The average molecular weight is 425 g/mol. The van der Waals surface area contributed by atoms with E-state index in [0.29, 0.717) is 11.1 Å². The Morgan fingerprint density at radius 3 is 1.41 bits per heavy atom. The number of aryl methyl sites for hydroxylation is 2. The summed E-state index contributed by atoms with van der Waals surface area (Å²) in [4.78, 5) is 30.7. The lowest BCUT2D eigenvalue weighted by molar-refractivity contribution is 0.0965. The zero-order valence-corrected chi connectivity index (χ0v) is 18.6. The van der Waals surface area contributed by atoms with E-state index in [2.05, 4.69) is 26.0 Å². The minimum atomic E-state index is 0.0420. The molecule has 0 bridgehead atoms. The first kappa shape index (κ1) is 20.5. The fraction of sp³-hybridized carbons (Fsp3) is 0.286. The van der Waals surface area contributed by atoms with Gasteiger partial charge in [-0.25, -0.2) is 0 Å². The van der Waals surface area contributed by atoms with Crippen molar-refractivity contribution in [3.05, 3.63) is 95.1 Å². The van der Waals surface area contributed by atoms with Gasteiger partial charge in [0.1, 0.15) is 0 Å². The van der Waals surface area contributed by atoms with Gasteiger partial charge in [-0.3, -0.25) is 9.59 Å². The Hall–Kier alpha value is -3.40. The molecule has 0 saturated heterocycles. The molecule has 0 saturated carbocycles. The second kappa shape index (κ2) is 8.27. The summed E-state index contributed by atoms with van der Waals surface area (Å²) in [5, 5.41) is 0. The third-order valence-corrected chi connectivity index (χ3v) is 6.82. The molecular formula is C28H28N2O2. The Morgan fingerprint density at radius 2 is 1.03 bits per heavy atom. The Morgan fingerprint density at radius 1 is 0.656 bits per heavy atom. The smallest absolute Gasteiger partial charge is 0.258 e. The summed E-state index contributed by atoms with van der Waals surface area (Å²) in [6, 6.07) is 23.6. The van der Waals surface area contributed by atoms with Gasteiger partial charge in [-0.2, -0.15) is 0 Å². The molecule has 0 fully saturated rings. The lowest BCUT2D eigenvalue weighted by Crippen LogP contribution is -2.44. The molecule has 0 unspecified atom stereocenters. The van der Waals surface area contributed by atoms with Gasteiger partial charge in [0.2, 0.25) is 0 Å². The van der Waals surface area contributed by atoms with Crippen LogP contribution in [0.15, 0.2) is 72.8 Å². The molecule has 0 N–H and O–H groups in total. The lowest BCUT2D eigenvalue weighted by Gasteiger charge is -2.40. The van der Waals surface area contributed by atoms with Crippen LogP contribution < -0.4 is 9.80 Å². The van der Waals surface area contributed by atoms with E-state index in [9.17, 15) is 9.59 Å². The van der Waals surface area contributed by atoms with Crippen LogP contribution in [0, 0.1) is 0 Å². The Bertz CT molecular complexity index is 1060. The maximum absolute atomic E-state index is 13.4. The first-order valence-corrected chi connectivity index (χ1v) is 11.5. The number of hydrogen-bond acceptors (Lipinski definition) is 2. The molecule has 4 nitrogen and oxygen atoms in total. The number of hydrogen-bond donors (Lipinski definition) is 0. The average Bonchev–Trinajstić information content (AvgIpc) is 2.83. The highest BCUT2D eigenvalue weighted by atomic mass is 16.2. The molecule has 2 heterocycles. The van der Waals surface area contributed by atoms with Crippen molar-refractivity contribution in [2.75, 3.05) is 9.80 Å². The molecule has 2 atom stereocenters. The molecule has 2 amide bonds. The van der Waals surface area contributed by atoms with Gasteiger partial charge in [-0.15, -0.1) is 0 Å². The number of amides is 2. The quantitative estimate of drug-likeness (QED) is 0.533. The molecule has 4 heteroatoms. The predicted octanol–water partition coefficient (Wildman–Crippen LogP) is 5.65. The maximum atomic E-state index is 13.4. The summed E-state index contributed by atoms with van der Waals surface area (Å²) < 4.78 is 0. The van der Waals surface area contributed by atoms with Crippen molar-refractivity contribution >= 4 is 23.2 Å². The largest absolute Gasteiger partial charge is 0.305 e. The van der Waals surface area contributed by atoms with E-state index in [1.54, 1.807) is 0 Å². The van der Waals surface area contributed by atoms with E-state index in [4.69, 9.17) is 0 Å². The minimum absolute atomic E-state index is 0.0420. The van der Waals surface area contributed by atoms with Crippen LogP contribution >= 0.6 is 0 Å². The number of carbonyl (C=O) groups excluding carboxylic acids is 2. The van der Waals surface area contributed by atoms with Crippen LogP contribution in [-0.2, 0) is 12.8 Å². The van der Waals surface area contributed by atoms with E-state index in [-0.39, 0.29) is 23.9 Å². The molecule has 0 spiro atoms. The van der Waals surface area contributed by atoms with Crippen LogP contribution in [0.25, 0.3) is 0 Å². The Balaban J connectivity index is 1.57. The second-order valence-corrected chi connectivity index (χ2v) is 8.97. The van der Waals surface area contributed by atoms with Gasteiger partial charge in [0.25, 0.3) is 11.8 Å². The van der Waals surface area contributed by atoms with E-state index in [1.165, 1.54) is 0 Å². The van der Waals surface area contributed by atoms with Crippen molar-refractivity contribution in [3.8, 4) is 0 Å². The van der Waals surface area contributed by atoms with Gasteiger partial charge in [-0.05, 0) is 87.1 Å². The summed E-state index contributed by atoms with van der Waals surface area (Å²) in [5.41, 5.74) is 5.70. The third kappa shape index (κ3) is 3.50. The molecule has 2 aliphatic heterocycles. The van der Waals surface area contributed by atoms with Crippen molar-refractivity contribution in [3.63, 3.8) is 0 Å². The van der Waals surface area contributed by atoms with Crippen molar-refractivity contribution in [2.45, 2.75) is 51.6 Å². The molecular weight excluding hydrogens is 396 g/mol. The number of benzene rings is 3. The minimum Gasteiger partial charge on any atom is -0.305 e. The van der Waals surface area contributed by atoms with Gasteiger partial charge >= 0.3 is 0 Å². The fourth-order valence-corrected chi connectivity index (χ4v) is 5.03. The number of carbonyl (C=O) groups is 2. The predicted molar refractivity (Wildman–Crippen MR) is 129 cm³/mol. The van der Waals surface area contributed by atoms with Crippen LogP contribution in [0.1, 0.15) is 58.5 Å². The van der Waals surface area contributed by atoms with Gasteiger partial charge in [0, 0.05) is 34.6 Å². The molecule has 3 aromatic rings. The van der Waals surface area contributed by atoms with Gasteiger partial charge in [0.05, 0.1) is 0 Å². The topological polar surface area (TPSA) is 40.6 Å². The maximum Gasteiger partial charge on any atom is 0.258 e. The van der Waals surface area contributed by atoms with Gasteiger partial charge < -0.3 is 9.80 Å². The first-order valence-electron chi connectivity index (χ1n) is 11.5. The Labute approximate surface area is 189 Å². The Kier molecular flexibility index (Phi) is 5.30. The summed E-state index contributed by atoms with van der Waals surface area (Å²) in [7, 11) is 0. The zero-order chi connectivity index (χ0) is 22.2. The normalized spacial score (nSPS) is 19.8. The standard InChI is InChI=1S/C28H28N2O2/c1-19-13-15-23-18-26-24(17-25(23)29(19)27(31)21-9-5-3-6-10-21)16-14-20(2)30(26)28(32)22-11-7-4-8-12-22/h3-12,17-20H,13-16H2,1-2H3/t19-,20-/m1/s1. The monoisotopic (exact) mass is 424 g/mol. The van der Waals surface area contributed by atoms with Gasteiger partial charge in [-0.1, -0.05) is 36.4 Å². The number of nitrogens with zero attached hydrogens (tertiary/aromatic N) is 2. The van der Waals surface area contributed by atoms with Crippen LogP contribution in [0.2, 0.25) is 0 Å². The van der Waals surface area contributed by atoms with E-state index in [0.717, 1.165) is 48.2 Å². The lowest BCUT2D eigenvalue weighted by atomic mass is 9.89. The van der Waals surface area contributed by atoms with Crippen LogP contribution in [0.3, 0.4) is 0 Å². The molecule has 2 aliphatic rings. The van der Waals surface area contributed by atoms with Gasteiger partial charge in [0.15, 0.2) is 0 Å². The summed E-state index contributed by atoms with van der Waals surface area (Å²) >= 11 is 0. The zero-order valence-electron chi connectivity index (χ0n) is 18.6. The molecule has 0 aliphatic carbocycles. The summed E-state index contributed by atoms with van der Waals surface area (Å²) in [5.74, 6) is 0.0841. The summed E-state index contributed by atoms with van der Waals surface area (Å²) in [6.45, 7) is 4.24. The van der Waals surface area contributed by atoms with Crippen LogP contribution in [0.4, 0.5) is 11.4 Å². The van der Waals surface area contributed by atoms with Crippen molar-refractivity contribution in [2.24, 2.45) is 0 Å². The highest BCUT2D eigenvalue weighted by Gasteiger charge is 2.34. The molecule has 162 valence electrons. The molecule has 0 aromatic heterocycles. The first-order chi connectivity index (χ1) is 15.5. The number of rotatable bonds is 2. The highest BCUT2D eigenvalue weighted by molar-refractivity contribution is 6.09. The highest BCUT2D eigenvalue weighted by Crippen LogP contribution is 2.41. The van der Waals surface area contributed by atoms with Crippen LogP contribution in [0.5, 0.6) is 0 Å². The van der Waals surface area contributed by atoms with E-state index in [1.807, 2.05) is 70.5 Å².